The molecule has 0 aliphatic heterocycles. The van der Waals surface area contributed by atoms with Gasteiger partial charge in [0.15, 0.2) is 5.78 Å². The molecule has 1 aliphatic rings. The first-order valence-corrected chi connectivity index (χ1v) is 12.2. The smallest absolute Gasteiger partial charge is 0.185 e. The summed E-state index contributed by atoms with van der Waals surface area (Å²) in [5.41, 5.74) is 7.51. The van der Waals surface area contributed by atoms with Crippen molar-refractivity contribution in [1.29, 1.82) is 0 Å². The van der Waals surface area contributed by atoms with Crippen molar-refractivity contribution >= 4 is 11.9 Å². The zero-order chi connectivity index (χ0) is 23.5. The van der Waals surface area contributed by atoms with Crippen LogP contribution in [0.2, 0.25) is 0 Å². The van der Waals surface area contributed by atoms with Crippen LogP contribution in [-0.2, 0) is 4.79 Å². The zero-order valence-corrected chi connectivity index (χ0v) is 21.5. The van der Waals surface area contributed by atoms with Crippen LogP contribution in [0.5, 0.6) is 0 Å². The van der Waals surface area contributed by atoms with Crippen LogP contribution in [0.4, 0.5) is 0 Å². The molecule has 2 rings (SSSR count). The van der Waals surface area contributed by atoms with Crippen LogP contribution in [0.25, 0.3) is 6.08 Å². The van der Waals surface area contributed by atoms with Crippen molar-refractivity contribution in [2.24, 2.45) is 17.8 Å². The van der Waals surface area contributed by atoms with E-state index in [-0.39, 0.29) is 5.78 Å². The first kappa shape index (κ1) is 25.4. The minimum Gasteiger partial charge on any atom is -0.289 e. The summed E-state index contributed by atoms with van der Waals surface area (Å²) < 4.78 is 0. The number of hydrogen-bond donors (Lipinski definition) is 0. The quantitative estimate of drug-likeness (QED) is 0.384. The number of hydrogen-bond acceptors (Lipinski definition) is 1. The summed E-state index contributed by atoms with van der Waals surface area (Å²) in [5.74, 6) is 2.98. The van der Waals surface area contributed by atoms with E-state index < -0.39 is 0 Å². The Bertz CT molecular complexity index is 843. The highest BCUT2D eigenvalue weighted by atomic mass is 16.1. The Labute approximate surface area is 191 Å². The Morgan fingerprint density at radius 1 is 0.839 bits per heavy atom. The summed E-state index contributed by atoms with van der Waals surface area (Å²) in [6, 6.07) is 4.69. The van der Waals surface area contributed by atoms with Crippen molar-refractivity contribution in [1.82, 2.24) is 0 Å². The molecule has 1 nitrogen and oxygen atoms in total. The monoisotopic (exact) mass is 420 g/mol. The second kappa shape index (κ2) is 10.6. The van der Waals surface area contributed by atoms with E-state index in [9.17, 15) is 4.79 Å². The molecular weight excluding hydrogens is 376 g/mol. The number of carbonyl (C=O) groups is 1. The highest BCUT2D eigenvalue weighted by Crippen LogP contribution is 2.35. The van der Waals surface area contributed by atoms with Gasteiger partial charge in [0.2, 0.25) is 0 Å². The van der Waals surface area contributed by atoms with E-state index in [1.54, 1.807) is 0 Å². The maximum Gasteiger partial charge on any atom is 0.185 e. The Hall–Kier alpha value is -1.89. The van der Waals surface area contributed by atoms with Gasteiger partial charge in [-0.05, 0) is 70.3 Å². The number of benzene rings is 1. The van der Waals surface area contributed by atoms with Crippen molar-refractivity contribution in [3.8, 4) is 0 Å². The van der Waals surface area contributed by atoms with Gasteiger partial charge in [0.25, 0.3) is 0 Å². The highest BCUT2D eigenvalue weighted by Gasteiger charge is 2.23. The first-order valence-electron chi connectivity index (χ1n) is 12.2. The Morgan fingerprint density at radius 3 is 1.81 bits per heavy atom. The molecule has 1 unspecified atom stereocenters. The third-order valence-corrected chi connectivity index (χ3v) is 6.71. The molecule has 0 heterocycles. The minimum absolute atomic E-state index is 0.138. The van der Waals surface area contributed by atoms with Gasteiger partial charge in [-0.2, -0.15) is 0 Å². The van der Waals surface area contributed by atoms with Crippen LogP contribution >= 0.6 is 0 Å². The summed E-state index contributed by atoms with van der Waals surface area (Å²) in [6.45, 7) is 22.4. The molecule has 0 fully saturated rings. The van der Waals surface area contributed by atoms with Crippen molar-refractivity contribution in [3.05, 3.63) is 63.8 Å². The number of rotatable bonds is 8. The average molecular weight is 421 g/mol. The second-order valence-corrected chi connectivity index (χ2v) is 10.8. The Morgan fingerprint density at radius 2 is 1.39 bits per heavy atom. The van der Waals surface area contributed by atoms with Gasteiger partial charge in [0.1, 0.15) is 0 Å². The third kappa shape index (κ3) is 6.09. The maximum absolute atomic E-state index is 13.3. The lowest BCUT2D eigenvalue weighted by Crippen LogP contribution is -2.17. The fourth-order valence-corrected chi connectivity index (χ4v) is 4.46. The molecule has 0 N–H and O–H groups in total. The van der Waals surface area contributed by atoms with E-state index in [0.717, 1.165) is 12.0 Å². The lowest BCUT2D eigenvalue weighted by Gasteiger charge is -2.26. The van der Waals surface area contributed by atoms with Crippen LogP contribution in [-0.4, -0.2) is 5.78 Å². The van der Waals surface area contributed by atoms with Gasteiger partial charge in [0.05, 0.1) is 0 Å². The standard InChI is InChI=1S/C30H44O/c1-18(2)23-11-12-26(29(15-23)22(9)10)30(31)14-13-25-27(20(5)6)16-24(19(3)4)17-28(25)21(7)8/h11-14,16-23H,15H2,1-10H3. The lowest BCUT2D eigenvalue weighted by atomic mass is 9.78. The average Bonchev–Trinajstić information content (AvgIpc) is 2.70. The van der Waals surface area contributed by atoms with Gasteiger partial charge < -0.3 is 0 Å². The molecule has 0 amide bonds. The molecule has 0 bridgehead atoms. The lowest BCUT2D eigenvalue weighted by molar-refractivity contribution is -0.111. The summed E-state index contributed by atoms with van der Waals surface area (Å²) in [6.07, 6.45) is 9.24. The van der Waals surface area contributed by atoms with E-state index in [4.69, 9.17) is 0 Å². The topological polar surface area (TPSA) is 17.1 Å². The molecule has 0 spiro atoms. The number of allylic oxidation sites excluding steroid dienone is 5. The molecule has 1 aromatic rings. The Balaban J connectivity index is 2.50. The van der Waals surface area contributed by atoms with E-state index in [2.05, 4.69) is 99.6 Å². The summed E-state index contributed by atoms with van der Waals surface area (Å²) >= 11 is 0. The second-order valence-electron chi connectivity index (χ2n) is 10.8. The molecule has 0 aromatic heterocycles. The summed E-state index contributed by atoms with van der Waals surface area (Å²) in [5, 5.41) is 0. The van der Waals surface area contributed by atoms with E-state index in [0.29, 0.717) is 35.5 Å². The molecule has 170 valence electrons. The van der Waals surface area contributed by atoms with Crippen molar-refractivity contribution in [2.75, 3.05) is 0 Å². The third-order valence-electron chi connectivity index (χ3n) is 6.71. The molecule has 1 heteroatoms. The van der Waals surface area contributed by atoms with E-state index in [1.807, 2.05) is 6.08 Å². The minimum atomic E-state index is 0.138. The van der Waals surface area contributed by atoms with Gasteiger partial charge in [-0.25, -0.2) is 0 Å². The molecule has 0 radical (unpaired) electrons. The molecule has 1 atom stereocenters. The summed E-state index contributed by atoms with van der Waals surface area (Å²) in [4.78, 5) is 13.3. The van der Waals surface area contributed by atoms with Gasteiger partial charge in [0, 0.05) is 5.57 Å². The maximum atomic E-state index is 13.3. The van der Waals surface area contributed by atoms with Crippen LogP contribution in [0.3, 0.4) is 0 Å². The van der Waals surface area contributed by atoms with Crippen molar-refractivity contribution in [3.63, 3.8) is 0 Å². The zero-order valence-electron chi connectivity index (χ0n) is 21.5. The highest BCUT2D eigenvalue weighted by molar-refractivity contribution is 6.09. The molecule has 1 aliphatic carbocycles. The Kier molecular flexibility index (Phi) is 8.69. The summed E-state index contributed by atoms with van der Waals surface area (Å²) in [7, 11) is 0. The molecular formula is C30H44O. The fraction of sp³-hybridized carbons (Fsp3) is 0.567. The normalized spacial score (nSPS) is 17.5. The van der Waals surface area contributed by atoms with E-state index in [1.165, 1.54) is 27.8 Å². The fourth-order valence-electron chi connectivity index (χ4n) is 4.46. The number of carbonyl (C=O) groups excluding carboxylic acids is 1. The predicted molar refractivity (Wildman–Crippen MR) is 137 cm³/mol. The van der Waals surface area contributed by atoms with Crippen LogP contribution in [0, 0.1) is 17.8 Å². The van der Waals surface area contributed by atoms with E-state index >= 15 is 0 Å². The number of ketones is 1. The van der Waals surface area contributed by atoms with Crippen molar-refractivity contribution < 1.29 is 4.79 Å². The van der Waals surface area contributed by atoms with Gasteiger partial charge >= 0.3 is 0 Å². The molecule has 0 saturated heterocycles. The van der Waals surface area contributed by atoms with Crippen molar-refractivity contribution in [2.45, 2.75) is 93.4 Å². The largest absolute Gasteiger partial charge is 0.289 e. The molecule has 31 heavy (non-hydrogen) atoms. The predicted octanol–water partition coefficient (Wildman–Crippen LogP) is 8.82. The van der Waals surface area contributed by atoms with Crippen LogP contribution in [0.15, 0.2) is 41.5 Å². The molecule has 1 aromatic carbocycles. The van der Waals surface area contributed by atoms with Crippen LogP contribution in [0.1, 0.15) is 116 Å². The molecule has 0 saturated carbocycles. The SMILES string of the molecule is CC(C)C1=C(C(=O)C=Cc2c(C(C)C)cc(C(C)C)cc2C(C)C)C=CC(C(C)C)C1. The van der Waals surface area contributed by atoms with Gasteiger partial charge in [-0.1, -0.05) is 105 Å². The van der Waals surface area contributed by atoms with Gasteiger partial charge in [-0.3, -0.25) is 4.79 Å². The van der Waals surface area contributed by atoms with Gasteiger partial charge in [-0.15, -0.1) is 0 Å². The first-order chi connectivity index (χ1) is 14.4. The van der Waals surface area contributed by atoms with Crippen LogP contribution < -0.4 is 0 Å².